The van der Waals surface area contributed by atoms with Gasteiger partial charge in [-0.2, -0.15) is 13.2 Å². The lowest BCUT2D eigenvalue weighted by molar-refractivity contribution is -0.192. The molecule has 3 aromatic carbocycles. The largest absolute Gasteiger partial charge is 0.490 e. The number of carboxylic acids is 2. The van der Waals surface area contributed by atoms with Gasteiger partial charge in [0.05, 0.1) is 16.6 Å². The number of fused-ring (bicyclic) bond motifs is 1. The Balaban J connectivity index is 0.000000479. The van der Waals surface area contributed by atoms with Gasteiger partial charge < -0.3 is 15.9 Å². The first-order valence-electron chi connectivity index (χ1n) is 11.4. The van der Waals surface area contributed by atoms with Gasteiger partial charge in [0, 0.05) is 17.8 Å². The van der Waals surface area contributed by atoms with Gasteiger partial charge in [0.1, 0.15) is 5.82 Å². The van der Waals surface area contributed by atoms with Crippen LogP contribution in [0.1, 0.15) is 41.5 Å². The van der Waals surface area contributed by atoms with Crippen LogP contribution in [0.25, 0.3) is 27.8 Å². The predicted molar refractivity (Wildman–Crippen MR) is 135 cm³/mol. The highest BCUT2D eigenvalue weighted by molar-refractivity contribution is 5.96. The van der Waals surface area contributed by atoms with Crippen molar-refractivity contribution in [3.8, 4) is 16.8 Å². The van der Waals surface area contributed by atoms with Crippen LogP contribution in [0.3, 0.4) is 0 Å². The summed E-state index contributed by atoms with van der Waals surface area (Å²) in [5.41, 5.74) is 12.6. The number of anilines is 1. The molecule has 10 heteroatoms. The molecule has 4 rings (SSSR count). The number of carbonyl (C=O) groups is 2. The zero-order valence-electron chi connectivity index (χ0n) is 20.2. The summed E-state index contributed by atoms with van der Waals surface area (Å²) < 4.78 is 33.9. The number of aromatic carboxylic acids is 1. The van der Waals surface area contributed by atoms with Gasteiger partial charge in [-0.05, 0) is 66.4 Å². The zero-order valence-corrected chi connectivity index (χ0v) is 20.2. The number of aromatic nitrogens is 2. The first-order chi connectivity index (χ1) is 17.4. The molecule has 4 aromatic rings. The number of nitrogen functional groups attached to an aromatic ring is 1. The third-order valence-corrected chi connectivity index (χ3v) is 5.66. The maximum Gasteiger partial charge on any atom is 0.490 e. The number of aliphatic carboxylic acids is 1. The van der Waals surface area contributed by atoms with Crippen molar-refractivity contribution < 1.29 is 33.0 Å². The monoisotopic (exact) mass is 513 g/mol. The van der Waals surface area contributed by atoms with Crippen molar-refractivity contribution in [2.75, 3.05) is 5.73 Å². The molecule has 0 aliphatic rings. The Kier molecular flexibility index (Phi) is 8.21. The van der Waals surface area contributed by atoms with Gasteiger partial charge in [0.15, 0.2) is 0 Å². The molecule has 7 nitrogen and oxygen atoms in total. The average molecular weight is 514 g/mol. The lowest BCUT2D eigenvalue weighted by Crippen LogP contribution is -2.21. The number of rotatable bonds is 6. The molecule has 0 saturated carbocycles. The average Bonchev–Trinajstić information content (AvgIpc) is 3.19. The topological polar surface area (TPSA) is 118 Å². The maximum atomic E-state index is 11.7. The van der Waals surface area contributed by atoms with Crippen LogP contribution in [0.2, 0.25) is 0 Å². The number of hydrogen-bond donors (Lipinski definition) is 3. The summed E-state index contributed by atoms with van der Waals surface area (Å²) in [5, 5.41) is 16.7. The normalized spacial score (nSPS) is 11.2. The molecule has 0 aliphatic carbocycles. The highest BCUT2D eigenvalue weighted by Crippen LogP contribution is 2.31. The molecule has 1 heterocycles. The summed E-state index contributed by atoms with van der Waals surface area (Å²) in [4.78, 5) is 25.4. The van der Waals surface area contributed by atoms with E-state index in [-0.39, 0.29) is 0 Å². The number of halogens is 3. The lowest BCUT2D eigenvalue weighted by atomic mass is 9.95. The second kappa shape index (κ2) is 11.2. The van der Waals surface area contributed by atoms with Crippen LogP contribution >= 0.6 is 0 Å². The van der Waals surface area contributed by atoms with E-state index in [0.717, 1.165) is 58.5 Å². The Morgan fingerprint density at radius 3 is 2.27 bits per heavy atom. The number of hydrogen-bond acceptors (Lipinski definition) is 4. The molecule has 0 aliphatic heterocycles. The quantitative estimate of drug-likeness (QED) is 0.262. The first kappa shape index (κ1) is 27.3. The minimum atomic E-state index is -5.08. The number of imidazole rings is 1. The summed E-state index contributed by atoms with van der Waals surface area (Å²) in [5.74, 6) is -2.67. The molecular formula is C27H26F3N3O4. The van der Waals surface area contributed by atoms with Crippen molar-refractivity contribution in [1.29, 1.82) is 0 Å². The molecule has 0 amide bonds. The Hall–Kier alpha value is -4.34. The molecule has 0 atom stereocenters. The molecule has 4 N–H and O–H groups in total. The van der Waals surface area contributed by atoms with E-state index < -0.39 is 18.1 Å². The molecule has 0 bridgehead atoms. The van der Waals surface area contributed by atoms with Gasteiger partial charge in [-0.3, -0.25) is 4.57 Å². The maximum absolute atomic E-state index is 11.7. The van der Waals surface area contributed by atoms with E-state index in [2.05, 4.69) is 17.6 Å². The zero-order chi connectivity index (χ0) is 27.3. The number of unbranched alkanes of at least 4 members (excludes halogenated alkanes) is 1. The fraction of sp³-hybridized carbons (Fsp3) is 0.222. The molecule has 0 fully saturated rings. The Morgan fingerprint density at radius 1 is 1.00 bits per heavy atom. The fourth-order valence-electron chi connectivity index (χ4n) is 3.93. The standard InChI is InChI=1S/C25H25N3O2.C2HF3O2/c1-3-4-9-24-27-22-13-10-17(26)15-23(22)28(24)18-11-12-19(16(2)14-18)20-7-5-6-8-21(20)25(29)30;3-2(4,5)1(6)7/h5-8,10-15H,3-4,9,26H2,1-2H3,(H,29,30);(H,6,7). The Bertz CT molecular complexity index is 1440. The van der Waals surface area contributed by atoms with Gasteiger partial charge >= 0.3 is 18.1 Å². The second-order valence-electron chi connectivity index (χ2n) is 8.37. The fourth-order valence-corrected chi connectivity index (χ4v) is 3.93. The SMILES string of the molecule is CCCCc1nc2ccc(N)cc2n1-c1ccc(-c2ccccc2C(=O)O)c(C)c1.O=C(O)C(F)(F)F. The van der Waals surface area contributed by atoms with Crippen LogP contribution in [0, 0.1) is 6.92 Å². The van der Waals surface area contributed by atoms with Gasteiger partial charge in [0.25, 0.3) is 0 Å². The van der Waals surface area contributed by atoms with E-state index >= 15 is 0 Å². The minimum Gasteiger partial charge on any atom is -0.478 e. The summed E-state index contributed by atoms with van der Waals surface area (Å²) in [6.07, 6.45) is -2.05. The van der Waals surface area contributed by atoms with E-state index in [1.807, 2.05) is 49.4 Å². The van der Waals surface area contributed by atoms with Crippen LogP contribution in [0.15, 0.2) is 60.7 Å². The third kappa shape index (κ3) is 6.27. The predicted octanol–water partition coefficient (Wildman–Crippen LogP) is 6.26. The lowest BCUT2D eigenvalue weighted by Gasteiger charge is -2.14. The molecule has 0 unspecified atom stereocenters. The molecule has 0 radical (unpaired) electrons. The number of alkyl halides is 3. The van der Waals surface area contributed by atoms with E-state index in [1.165, 1.54) is 0 Å². The third-order valence-electron chi connectivity index (χ3n) is 5.66. The number of aryl methyl sites for hydroxylation is 2. The first-order valence-corrected chi connectivity index (χ1v) is 11.4. The van der Waals surface area contributed by atoms with Crippen LogP contribution in [-0.4, -0.2) is 37.9 Å². The van der Waals surface area contributed by atoms with Crippen LogP contribution < -0.4 is 5.73 Å². The Morgan fingerprint density at radius 2 is 1.68 bits per heavy atom. The molecule has 0 saturated heterocycles. The molecule has 194 valence electrons. The summed E-state index contributed by atoms with van der Waals surface area (Å²) >= 11 is 0. The smallest absolute Gasteiger partial charge is 0.478 e. The molecule has 0 spiro atoms. The van der Waals surface area contributed by atoms with Crippen LogP contribution in [-0.2, 0) is 11.2 Å². The van der Waals surface area contributed by atoms with Gasteiger partial charge in [0.2, 0.25) is 0 Å². The van der Waals surface area contributed by atoms with E-state index in [1.54, 1.807) is 12.1 Å². The molecule has 1 aromatic heterocycles. The molecular weight excluding hydrogens is 487 g/mol. The van der Waals surface area contributed by atoms with Crippen molar-refractivity contribution in [3.05, 3.63) is 77.6 Å². The summed E-state index contributed by atoms with van der Waals surface area (Å²) in [6.45, 7) is 4.18. The number of carboxylic acid groups (broad SMARTS) is 2. The van der Waals surface area contributed by atoms with E-state index in [0.29, 0.717) is 11.3 Å². The second-order valence-corrected chi connectivity index (χ2v) is 8.37. The number of benzene rings is 3. The molecule has 37 heavy (non-hydrogen) atoms. The van der Waals surface area contributed by atoms with Crippen molar-refractivity contribution >= 4 is 28.7 Å². The van der Waals surface area contributed by atoms with Crippen LogP contribution in [0.5, 0.6) is 0 Å². The van der Waals surface area contributed by atoms with E-state index in [9.17, 15) is 23.1 Å². The van der Waals surface area contributed by atoms with Crippen molar-refractivity contribution in [1.82, 2.24) is 9.55 Å². The number of nitrogens with zero attached hydrogens (tertiary/aromatic N) is 2. The number of nitrogens with two attached hydrogens (primary N) is 1. The van der Waals surface area contributed by atoms with Crippen LogP contribution in [0.4, 0.5) is 18.9 Å². The summed E-state index contributed by atoms with van der Waals surface area (Å²) in [6, 6.07) is 19.0. The van der Waals surface area contributed by atoms with Crippen molar-refractivity contribution in [3.63, 3.8) is 0 Å². The van der Waals surface area contributed by atoms with Crippen molar-refractivity contribution in [2.24, 2.45) is 0 Å². The van der Waals surface area contributed by atoms with Gasteiger partial charge in [-0.25, -0.2) is 14.6 Å². The minimum absolute atomic E-state index is 0.304. The highest BCUT2D eigenvalue weighted by Gasteiger charge is 2.38. The highest BCUT2D eigenvalue weighted by atomic mass is 19.4. The van der Waals surface area contributed by atoms with Crippen molar-refractivity contribution in [2.45, 2.75) is 39.3 Å². The Labute approximate surface area is 211 Å². The van der Waals surface area contributed by atoms with E-state index in [4.69, 9.17) is 20.6 Å². The van der Waals surface area contributed by atoms with Gasteiger partial charge in [-0.15, -0.1) is 0 Å². The van der Waals surface area contributed by atoms with Gasteiger partial charge in [-0.1, -0.05) is 37.6 Å². The summed E-state index contributed by atoms with van der Waals surface area (Å²) in [7, 11) is 0.